The first kappa shape index (κ1) is 23.6. The Hall–Kier alpha value is -3.55. The molecule has 1 aliphatic carbocycles. The second-order valence-corrected chi connectivity index (χ2v) is 8.90. The molecule has 1 aromatic heterocycles. The third kappa shape index (κ3) is 5.50. The van der Waals surface area contributed by atoms with Crippen LogP contribution in [0.5, 0.6) is 11.5 Å². The van der Waals surface area contributed by atoms with Crippen molar-refractivity contribution >= 4 is 28.6 Å². The smallest absolute Gasteiger partial charge is 0.225 e. The Bertz CT molecular complexity index is 1140. The normalized spacial score (nSPS) is 17.8. The molecule has 0 unspecified atom stereocenters. The fourth-order valence-corrected chi connectivity index (χ4v) is 4.50. The maximum absolute atomic E-state index is 12.7. The van der Waals surface area contributed by atoms with E-state index < -0.39 is 0 Å². The van der Waals surface area contributed by atoms with Crippen LogP contribution in [0.3, 0.4) is 0 Å². The van der Waals surface area contributed by atoms with Crippen LogP contribution < -0.4 is 25.0 Å². The highest BCUT2D eigenvalue weighted by molar-refractivity contribution is 5.90. The van der Waals surface area contributed by atoms with E-state index in [4.69, 9.17) is 19.4 Å². The number of ether oxygens (including phenoxy) is 2. The van der Waals surface area contributed by atoms with Crippen LogP contribution in [-0.4, -0.2) is 56.3 Å². The van der Waals surface area contributed by atoms with Crippen molar-refractivity contribution in [2.75, 3.05) is 38.5 Å². The molecule has 1 amide bonds. The van der Waals surface area contributed by atoms with Crippen LogP contribution in [-0.2, 0) is 11.2 Å². The van der Waals surface area contributed by atoms with E-state index in [1.165, 1.54) is 0 Å². The van der Waals surface area contributed by atoms with Crippen molar-refractivity contribution in [3.63, 3.8) is 0 Å². The second kappa shape index (κ2) is 10.6. The summed E-state index contributed by atoms with van der Waals surface area (Å²) in [5.74, 6) is 2.96. The van der Waals surface area contributed by atoms with Gasteiger partial charge < -0.3 is 25.0 Å². The van der Waals surface area contributed by atoms with E-state index in [0.717, 1.165) is 48.0 Å². The van der Waals surface area contributed by atoms with Crippen molar-refractivity contribution in [2.24, 2.45) is 0 Å². The van der Waals surface area contributed by atoms with Crippen LogP contribution in [0.4, 0.5) is 11.8 Å². The minimum atomic E-state index is -0.00329. The number of carbonyl (C=O) groups is 1. The monoisotopic (exact) mass is 463 g/mol. The van der Waals surface area contributed by atoms with Crippen LogP contribution in [0.1, 0.15) is 31.2 Å². The Balaban J connectivity index is 1.33. The Morgan fingerprint density at radius 1 is 1.00 bits per heavy atom. The maximum atomic E-state index is 12.7. The summed E-state index contributed by atoms with van der Waals surface area (Å²) in [6.45, 7) is 0. The molecule has 3 aromatic rings. The predicted molar refractivity (Wildman–Crippen MR) is 135 cm³/mol. The molecule has 0 saturated heterocycles. The van der Waals surface area contributed by atoms with Gasteiger partial charge in [-0.05, 0) is 56.0 Å². The molecule has 34 heavy (non-hydrogen) atoms. The number of benzene rings is 2. The van der Waals surface area contributed by atoms with E-state index in [0.29, 0.717) is 17.4 Å². The number of nitrogens with one attached hydrogen (secondary N) is 2. The SMILES string of the molecule is COc1ccc(OC)c(CC(=O)NC2CCC(Nc3nc(N(C)C)c4ccccc4n3)CC2)c1. The number of hydrogen-bond donors (Lipinski definition) is 2. The maximum Gasteiger partial charge on any atom is 0.225 e. The number of anilines is 2. The van der Waals surface area contributed by atoms with Gasteiger partial charge in [-0.15, -0.1) is 0 Å². The van der Waals surface area contributed by atoms with Crippen molar-refractivity contribution in [3.8, 4) is 11.5 Å². The Morgan fingerprint density at radius 2 is 1.74 bits per heavy atom. The molecular formula is C26H33N5O3. The Morgan fingerprint density at radius 3 is 2.44 bits per heavy atom. The van der Waals surface area contributed by atoms with Gasteiger partial charge in [0.05, 0.1) is 26.2 Å². The van der Waals surface area contributed by atoms with Crippen molar-refractivity contribution in [1.82, 2.24) is 15.3 Å². The van der Waals surface area contributed by atoms with E-state index in [2.05, 4.69) is 10.6 Å². The summed E-state index contributed by atoms with van der Waals surface area (Å²) in [7, 11) is 7.21. The van der Waals surface area contributed by atoms with Gasteiger partial charge in [-0.1, -0.05) is 12.1 Å². The third-order valence-corrected chi connectivity index (χ3v) is 6.27. The first-order valence-corrected chi connectivity index (χ1v) is 11.7. The van der Waals surface area contributed by atoms with Gasteiger partial charge >= 0.3 is 0 Å². The van der Waals surface area contributed by atoms with Gasteiger partial charge in [0.25, 0.3) is 0 Å². The molecule has 1 heterocycles. The fourth-order valence-electron chi connectivity index (χ4n) is 4.50. The van der Waals surface area contributed by atoms with Gasteiger partial charge in [0.15, 0.2) is 0 Å². The lowest BCUT2D eigenvalue weighted by atomic mass is 9.91. The molecule has 0 bridgehead atoms. The Labute approximate surface area is 200 Å². The van der Waals surface area contributed by atoms with Crippen LogP contribution in [0.25, 0.3) is 10.9 Å². The second-order valence-electron chi connectivity index (χ2n) is 8.90. The molecule has 2 aromatic carbocycles. The van der Waals surface area contributed by atoms with Gasteiger partial charge in [-0.3, -0.25) is 4.79 Å². The number of fused-ring (bicyclic) bond motifs is 1. The first-order chi connectivity index (χ1) is 16.5. The number of amides is 1. The zero-order chi connectivity index (χ0) is 24.1. The summed E-state index contributed by atoms with van der Waals surface area (Å²) in [4.78, 5) is 24.2. The molecule has 180 valence electrons. The summed E-state index contributed by atoms with van der Waals surface area (Å²) in [5, 5.41) is 7.74. The van der Waals surface area contributed by atoms with Gasteiger partial charge in [-0.2, -0.15) is 4.98 Å². The van der Waals surface area contributed by atoms with Crippen molar-refractivity contribution in [1.29, 1.82) is 0 Å². The number of nitrogens with zero attached hydrogens (tertiary/aromatic N) is 3. The number of hydrogen-bond acceptors (Lipinski definition) is 7. The van der Waals surface area contributed by atoms with Gasteiger partial charge in [0, 0.05) is 37.1 Å². The molecule has 0 atom stereocenters. The van der Waals surface area contributed by atoms with Crippen LogP contribution in [0.15, 0.2) is 42.5 Å². The molecule has 2 N–H and O–H groups in total. The average molecular weight is 464 g/mol. The summed E-state index contributed by atoms with van der Waals surface area (Å²) in [6, 6.07) is 14.0. The molecule has 0 spiro atoms. The molecule has 8 nitrogen and oxygen atoms in total. The highest BCUT2D eigenvalue weighted by atomic mass is 16.5. The molecule has 1 saturated carbocycles. The van der Waals surface area contributed by atoms with Gasteiger partial charge in [0.1, 0.15) is 17.3 Å². The van der Waals surface area contributed by atoms with E-state index in [1.807, 2.05) is 61.5 Å². The first-order valence-electron chi connectivity index (χ1n) is 11.7. The van der Waals surface area contributed by atoms with Gasteiger partial charge in [-0.25, -0.2) is 4.98 Å². The molecule has 0 radical (unpaired) electrons. The van der Waals surface area contributed by atoms with Crippen LogP contribution in [0, 0.1) is 0 Å². The van der Waals surface area contributed by atoms with Crippen molar-refractivity contribution in [3.05, 3.63) is 48.0 Å². The molecule has 1 fully saturated rings. The predicted octanol–water partition coefficient (Wildman–Crippen LogP) is 3.80. The summed E-state index contributed by atoms with van der Waals surface area (Å²) < 4.78 is 10.7. The van der Waals surface area contributed by atoms with E-state index >= 15 is 0 Å². The van der Waals surface area contributed by atoms with E-state index in [1.54, 1.807) is 14.2 Å². The lowest BCUT2D eigenvalue weighted by Gasteiger charge is -2.30. The lowest BCUT2D eigenvalue weighted by Crippen LogP contribution is -2.41. The summed E-state index contributed by atoms with van der Waals surface area (Å²) >= 11 is 0. The molecule has 4 rings (SSSR count). The zero-order valence-corrected chi connectivity index (χ0v) is 20.3. The minimum Gasteiger partial charge on any atom is -0.497 e. The average Bonchev–Trinajstić information content (AvgIpc) is 2.84. The van der Waals surface area contributed by atoms with E-state index in [-0.39, 0.29) is 24.4 Å². The van der Waals surface area contributed by atoms with E-state index in [9.17, 15) is 4.79 Å². The number of aromatic nitrogens is 2. The Kier molecular flexibility index (Phi) is 7.35. The third-order valence-electron chi connectivity index (χ3n) is 6.27. The standard InChI is InChI=1S/C26H33N5O3/c1-31(2)25-21-7-5-6-8-22(21)29-26(30-25)28-19-11-9-18(10-12-19)27-24(32)16-17-15-20(33-3)13-14-23(17)34-4/h5-8,13-15,18-19H,9-12,16H2,1-4H3,(H,27,32)(H,28,29,30). The number of para-hydroxylation sites is 1. The van der Waals surface area contributed by atoms with Gasteiger partial charge in [0.2, 0.25) is 11.9 Å². The minimum absolute atomic E-state index is 0.00329. The summed E-state index contributed by atoms with van der Waals surface area (Å²) in [6.07, 6.45) is 3.97. The lowest BCUT2D eigenvalue weighted by molar-refractivity contribution is -0.121. The number of carbonyl (C=O) groups excluding carboxylic acids is 1. The topological polar surface area (TPSA) is 88.6 Å². The fraction of sp³-hybridized carbons (Fsp3) is 0.423. The van der Waals surface area contributed by atoms with Crippen LogP contribution >= 0.6 is 0 Å². The highest BCUT2D eigenvalue weighted by Crippen LogP contribution is 2.27. The largest absolute Gasteiger partial charge is 0.497 e. The highest BCUT2D eigenvalue weighted by Gasteiger charge is 2.24. The molecule has 1 aliphatic rings. The molecule has 8 heteroatoms. The van der Waals surface area contributed by atoms with Crippen molar-refractivity contribution in [2.45, 2.75) is 44.2 Å². The quantitative estimate of drug-likeness (QED) is 0.525. The summed E-state index contributed by atoms with van der Waals surface area (Å²) in [5.41, 5.74) is 1.75. The van der Waals surface area contributed by atoms with Crippen LogP contribution in [0.2, 0.25) is 0 Å². The number of rotatable bonds is 8. The van der Waals surface area contributed by atoms with Crippen molar-refractivity contribution < 1.29 is 14.3 Å². The molecule has 0 aliphatic heterocycles. The number of methoxy groups -OCH3 is 2. The molecular weight excluding hydrogens is 430 g/mol. The zero-order valence-electron chi connectivity index (χ0n) is 20.3.